The lowest BCUT2D eigenvalue weighted by atomic mass is 10.0. The second-order valence-corrected chi connectivity index (χ2v) is 4.12. The second-order valence-electron chi connectivity index (χ2n) is 4.12. The normalized spacial score (nSPS) is 11.5. The third-order valence-corrected chi connectivity index (χ3v) is 3.18. The highest BCUT2D eigenvalue weighted by atomic mass is 14.8. The number of aromatic nitrogens is 3. The molecular weight excluding hydrogens is 210 g/mol. The standard InChI is InChI=1S/C14H9N3/c1-2-11-10(12-8-15-7-9(1)12)3-4-13-14(11)17-6-5-16-13/h1-8,16H. The Morgan fingerprint density at radius 2 is 1.82 bits per heavy atom. The molecule has 0 amide bonds. The lowest BCUT2D eigenvalue weighted by Crippen LogP contribution is -1.84. The van der Waals surface area contributed by atoms with Crippen molar-refractivity contribution in [2.24, 2.45) is 0 Å². The van der Waals surface area contributed by atoms with E-state index in [2.05, 4.69) is 39.2 Å². The second kappa shape index (κ2) is 3.04. The monoisotopic (exact) mass is 219 g/mol. The summed E-state index contributed by atoms with van der Waals surface area (Å²) in [5.41, 5.74) is 2.06. The fourth-order valence-electron chi connectivity index (χ4n) is 2.37. The molecule has 0 radical (unpaired) electrons. The minimum Gasteiger partial charge on any atom is -0.358 e. The molecule has 0 saturated heterocycles. The van der Waals surface area contributed by atoms with Gasteiger partial charge in [-0.1, -0.05) is 18.2 Å². The highest BCUT2D eigenvalue weighted by Gasteiger charge is 2.05. The van der Waals surface area contributed by atoms with Gasteiger partial charge in [0.25, 0.3) is 0 Å². The summed E-state index contributed by atoms with van der Waals surface area (Å²) in [6, 6.07) is 8.40. The molecule has 3 nitrogen and oxygen atoms in total. The van der Waals surface area contributed by atoms with E-state index in [1.807, 2.05) is 18.6 Å². The van der Waals surface area contributed by atoms with Crippen molar-refractivity contribution in [1.29, 1.82) is 0 Å². The molecule has 0 aliphatic rings. The van der Waals surface area contributed by atoms with E-state index >= 15 is 0 Å². The molecule has 4 rings (SSSR count). The maximum Gasteiger partial charge on any atom is 0.0943 e. The van der Waals surface area contributed by atoms with Crippen LogP contribution in [0.5, 0.6) is 0 Å². The van der Waals surface area contributed by atoms with Gasteiger partial charge in [-0.25, -0.2) is 0 Å². The predicted molar refractivity (Wildman–Crippen MR) is 68.9 cm³/mol. The highest BCUT2D eigenvalue weighted by Crippen LogP contribution is 2.28. The zero-order valence-electron chi connectivity index (χ0n) is 9.01. The Morgan fingerprint density at radius 1 is 0.882 bits per heavy atom. The number of H-pyrrole nitrogens is 1. The van der Waals surface area contributed by atoms with Crippen LogP contribution in [0.15, 0.2) is 49.1 Å². The van der Waals surface area contributed by atoms with Gasteiger partial charge in [0.15, 0.2) is 0 Å². The Morgan fingerprint density at radius 3 is 2.82 bits per heavy atom. The number of benzene rings is 2. The molecule has 0 fully saturated rings. The molecular formula is C14H9N3. The van der Waals surface area contributed by atoms with E-state index in [1.165, 1.54) is 21.5 Å². The molecule has 2 heterocycles. The van der Waals surface area contributed by atoms with Gasteiger partial charge in [0.05, 0.1) is 11.0 Å². The molecule has 0 aliphatic carbocycles. The number of rotatable bonds is 0. The SMILES string of the molecule is c1c[nH]c2ccc3c4cncc4ccc3c2n1. The van der Waals surface area contributed by atoms with Crippen LogP contribution in [0.25, 0.3) is 32.6 Å². The molecule has 0 unspecified atom stereocenters. The Kier molecular flexibility index (Phi) is 1.56. The molecule has 17 heavy (non-hydrogen) atoms. The Hall–Kier alpha value is -2.42. The summed E-state index contributed by atoms with van der Waals surface area (Å²) >= 11 is 0. The molecule has 0 bridgehead atoms. The van der Waals surface area contributed by atoms with Crippen LogP contribution < -0.4 is 0 Å². The molecule has 0 aliphatic heterocycles. The van der Waals surface area contributed by atoms with Crippen LogP contribution in [0.1, 0.15) is 0 Å². The van der Waals surface area contributed by atoms with Crippen molar-refractivity contribution in [3.63, 3.8) is 0 Å². The summed E-state index contributed by atoms with van der Waals surface area (Å²) in [5, 5.41) is 4.74. The van der Waals surface area contributed by atoms with Crippen LogP contribution >= 0.6 is 0 Å². The largest absolute Gasteiger partial charge is 0.358 e. The first-order valence-electron chi connectivity index (χ1n) is 5.52. The quantitative estimate of drug-likeness (QED) is 0.461. The molecule has 0 spiro atoms. The number of hydrogen-bond donors (Lipinski definition) is 1. The Labute approximate surface area is 97.1 Å². The summed E-state index contributed by atoms with van der Waals surface area (Å²) in [6.07, 6.45) is 7.44. The fraction of sp³-hybridized carbons (Fsp3) is 0. The highest BCUT2D eigenvalue weighted by molar-refractivity contribution is 6.15. The van der Waals surface area contributed by atoms with Crippen LogP contribution in [-0.2, 0) is 0 Å². The van der Waals surface area contributed by atoms with Crippen molar-refractivity contribution in [2.45, 2.75) is 0 Å². The molecule has 0 atom stereocenters. The average Bonchev–Trinajstić information content (AvgIpc) is 2.86. The van der Waals surface area contributed by atoms with E-state index in [4.69, 9.17) is 0 Å². The number of aromatic amines is 1. The first-order valence-corrected chi connectivity index (χ1v) is 5.52. The van der Waals surface area contributed by atoms with Gasteiger partial charge in [-0.05, 0) is 11.5 Å². The van der Waals surface area contributed by atoms with Crippen molar-refractivity contribution in [3.05, 3.63) is 49.1 Å². The lowest BCUT2D eigenvalue weighted by molar-refractivity contribution is 1.30. The third-order valence-electron chi connectivity index (χ3n) is 3.18. The van der Waals surface area contributed by atoms with Crippen molar-refractivity contribution in [3.8, 4) is 0 Å². The first kappa shape index (κ1) is 8.70. The molecule has 3 heteroatoms. The molecule has 4 aromatic rings. The average molecular weight is 219 g/mol. The summed E-state index contributed by atoms with van der Waals surface area (Å²) in [6.45, 7) is 0. The molecule has 2 aromatic carbocycles. The lowest BCUT2D eigenvalue weighted by Gasteiger charge is -2.03. The Bertz CT molecular complexity index is 846. The molecule has 2 aromatic heterocycles. The van der Waals surface area contributed by atoms with Crippen molar-refractivity contribution < 1.29 is 0 Å². The van der Waals surface area contributed by atoms with Gasteiger partial charge < -0.3 is 4.98 Å². The van der Waals surface area contributed by atoms with Gasteiger partial charge in [-0.15, -0.1) is 0 Å². The van der Waals surface area contributed by atoms with Gasteiger partial charge in [-0.3, -0.25) is 9.97 Å². The van der Waals surface area contributed by atoms with E-state index in [0.29, 0.717) is 0 Å². The molecule has 1 N–H and O–H groups in total. The van der Waals surface area contributed by atoms with Gasteiger partial charge >= 0.3 is 0 Å². The topological polar surface area (TPSA) is 41.6 Å². The fourth-order valence-corrected chi connectivity index (χ4v) is 2.37. The molecule has 0 saturated carbocycles. The molecule has 80 valence electrons. The number of fused-ring (bicyclic) bond motifs is 5. The summed E-state index contributed by atoms with van der Waals surface area (Å²) in [5.74, 6) is 0. The van der Waals surface area contributed by atoms with E-state index in [9.17, 15) is 0 Å². The predicted octanol–water partition coefficient (Wildman–Crippen LogP) is 3.26. The minimum absolute atomic E-state index is 1.01. The van der Waals surface area contributed by atoms with Crippen LogP contribution in [-0.4, -0.2) is 15.0 Å². The zero-order chi connectivity index (χ0) is 11.2. The van der Waals surface area contributed by atoms with E-state index < -0.39 is 0 Å². The number of hydrogen-bond acceptors (Lipinski definition) is 2. The third kappa shape index (κ3) is 1.11. The number of nitrogens with one attached hydrogen (secondary N) is 1. The maximum absolute atomic E-state index is 4.45. The summed E-state index contributed by atoms with van der Waals surface area (Å²) in [4.78, 5) is 11.9. The van der Waals surface area contributed by atoms with Crippen molar-refractivity contribution >= 4 is 32.6 Å². The maximum atomic E-state index is 4.45. The number of nitrogens with zero attached hydrogens (tertiary/aromatic N) is 2. The first-order chi connectivity index (χ1) is 8.43. The van der Waals surface area contributed by atoms with Crippen molar-refractivity contribution in [1.82, 2.24) is 15.0 Å². The van der Waals surface area contributed by atoms with Crippen LogP contribution in [0.4, 0.5) is 0 Å². The van der Waals surface area contributed by atoms with E-state index in [0.717, 1.165) is 11.0 Å². The smallest absolute Gasteiger partial charge is 0.0943 e. The minimum atomic E-state index is 1.01. The van der Waals surface area contributed by atoms with Gasteiger partial charge in [0, 0.05) is 40.9 Å². The van der Waals surface area contributed by atoms with Crippen LogP contribution in [0.2, 0.25) is 0 Å². The van der Waals surface area contributed by atoms with E-state index in [-0.39, 0.29) is 0 Å². The zero-order valence-corrected chi connectivity index (χ0v) is 9.01. The Balaban J connectivity index is 2.34. The van der Waals surface area contributed by atoms with Crippen LogP contribution in [0.3, 0.4) is 0 Å². The van der Waals surface area contributed by atoms with Gasteiger partial charge in [0.2, 0.25) is 0 Å². The summed E-state index contributed by atoms with van der Waals surface area (Å²) in [7, 11) is 0. The van der Waals surface area contributed by atoms with Crippen LogP contribution in [0, 0.1) is 0 Å². The van der Waals surface area contributed by atoms with Gasteiger partial charge in [-0.2, -0.15) is 0 Å². The van der Waals surface area contributed by atoms with Crippen molar-refractivity contribution in [2.75, 3.05) is 0 Å². The summed E-state index contributed by atoms with van der Waals surface area (Å²) < 4.78 is 0. The van der Waals surface area contributed by atoms with Gasteiger partial charge in [0.1, 0.15) is 0 Å². The van der Waals surface area contributed by atoms with E-state index in [1.54, 1.807) is 6.20 Å².